The molecule has 1 aliphatic rings. The molecule has 6 heteroatoms. The first-order valence-electron chi connectivity index (χ1n) is 7.34. The highest BCUT2D eigenvalue weighted by Crippen LogP contribution is 2.17. The molecule has 3 rings (SSSR count). The highest BCUT2D eigenvalue weighted by atomic mass is 16.3. The molecular formula is C16H18N4O2. The molecule has 0 saturated carbocycles. The van der Waals surface area contributed by atoms with Crippen molar-refractivity contribution in [1.82, 2.24) is 14.7 Å². The Morgan fingerprint density at radius 1 is 1.32 bits per heavy atom. The fourth-order valence-corrected chi connectivity index (χ4v) is 2.85. The summed E-state index contributed by atoms with van der Waals surface area (Å²) in [5, 5.41) is 20.9. The number of hydrogen-bond acceptors (Lipinski definition) is 4. The van der Waals surface area contributed by atoms with Crippen molar-refractivity contribution in [1.29, 1.82) is 5.26 Å². The predicted molar refractivity (Wildman–Crippen MR) is 81.1 cm³/mol. The highest BCUT2D eigenvalue weighted by molar-refractivity contribution is 5.31. The average Bonchev–Trinajstić information content (AvgIpc) is 2.85. The van der Waals surface area contributed by atoms with Gasteiger partial charge in [-0.3, -0.25) is 19.5 Å². The summed E-state index contributed by atoms with van der Waals surface area (Å²) in [7, 11) is 0. The fourth-order valence-electron chi connectivity index (χ4n) is 2.85. The van der Waals surface area contributed by atoms with Crippen LogP contribution in [-0.2, 0) is 26.1 Å². The van der Waals surface area contributed by atoms with Gasteiger partial charge in [0.2, 0.25) is 0 Å². The highest BCUT2D eigenvalue weighted by Gasteiger charge is 2.22. The molecule has 1 aromatic heterocycles. The summed E-state index contributed by atoms with van der Waals surface area (Å²) in [6.07, 6.45) is 0.805. The molecule has 22 heavy (non-hydrogen) atoms. The van der Waals surface area contributed by atoms with Gasteiger partial charge in [-0.2, -0.15) is 5.26 Å². The van der Waals surface area contributed by atoms with Crippen LogP contribution in [0.4, 0.5) is 0 Å². The minimum absolute atomic E-state index is 0.0337. The zero-order valence-electron chi connectivity index (χ0n) is 12.2. The molecule has 0 saturated heterocycles. The second-order valence-electron chi connectivity index (χ2n) is 5.52. The summed E-state index contributed by atoms with van der Waals surface area (Å²) in [5.74, 6) is 0. The van der Waals surface area contributed by atoms with Crippen LogP contribution in [0.1, 0.15) is 22.4 Å². The van der Waals surface area contributed by atoms with Gasteiger partial charge in [0.05, 0.1) is 30.3 Å². The maximum absolute atomic E-state index is 12.2. The molecule has 2 heterocycles. The van der Waals surface area contributed by atoms with Gasteiger partial charge in [0.1, 0.15) is 0 Å². The molecule has 6 nitrogen and oxygen atoms in total. The summed E-state index contributed by atoms with van der Waals surface area (Å²) < 4.78 is 1.48. The maximum Gasteiger partial charge on any atom is 0.271 e. The fraction of sp³-hybridized carbons (Fsp3) is 0.375. The van der Waals surface area contributed by atoms with Gasteiger partial charge in [-0.25, -0.2) is 0 Å². The minimum Gasteiger partial charge on any atom is -0.394 e. The van der Waals surface area contributed by atoms with E-state index >= 15 is 0 Å². The number of aromatic amines is 1. The Kier molecular flexibility index (Phi) is 4.09. The van der Waals surface area contributed by atoms with Gasteiger partial charge in [-0.1, -0.05) is 12.1 Å². The molecule has 1 aliphatic heterocycles. The van der Waals surface area contributed by atoms with Gasteiger partial charge in [-0.05, 0) is 17.7 Å². The lowest BCUT2D eigenvalue weighted by molar-refractivity contribution is 0.244. The molecule has 0 amide bonds. The molecule has 1 aromatic carbocycles. The number of nitrogens with zero attached hydrogens (tertiary/aromatic N) is 3. The first kappa shape index (κ1) is 14.6. The van der Waals surface area contributed by atoms with E-state index in [1.165, 1.54) is 4.68 Å². The van der Waals surface area contributed by atoms with E-state index in [-0.39, 0.29) is 12.2 Å². The standard InChI is InChI=1S/C16H18N4O2/c17-9-12-1-3-13(4-2-12)10-19-6-5-15-14(11-19)16(22)20(18-15)7-8-21/h1-4,18,21H,5-8,10-11H2. The third-order valence-electron chi connectivity index (χ3n) is 4.01. The largest absolute Gasteiger partial charge is 0.394 e. The quantitative estimate of drug-likeness (QED) is 0.865. The smallest absolute Gasteiger partial charge is 0.271 e. The number of rotatable bonds is 4. The number of nitriles is 1. The first-order chi connectivity index (χ1) is 10.7. The van der Waals surface area contributed by atoms with E-state index < -0.39 is 0 Å². The van der Waals surface area contributed by atoms with Gasteiger partial charge in [-0.15, -0.1) is 0 Å². The Morgan fingerprint density at radius 2 is 2.09 bits per heavy atom. The van der Waals surface area contributed by atoms with Crippen LogP contribution in [0.25, 0.3) is 0 Å². The molecule has 0 bridgehead atoms. The normalized spacial score (nSPS) is 14.5. The molecule has 2 N–H and O–H groups in total. The Hall–Kier alpha value is -2.36. The van der Waals surface area contributed by atoms with Crippen LogP contribution in [0.2, 0.25) is 0 Å². The third kappa shape index (κ3) is 2.82. The lowest BCUT2D eigenvalue weighted by atomic mass is 10.1. The number of H-pyrrole nitrogens is 1. The van der Waals surface area contributed by atoms with Crippen molar-refractivity contribution in [3.8, 4) is 6.07 Å². The Bertz CT molecular complexity index is 752. The summed E-state index contributed by atoms with van der Waals surface area (Å²) in [6, 6.07) is 9.65. The Labute approximate surface area is 128 Å². The minimum atomic E-state index is -0.0474. The monoisotopic (exact) mass is 298 g/mol. The van der Waals surface area contributed by atoms with Crippen molar-refractivity contribution in [2.45, 2.75) is 26.1 Å². The van der Waals surface area contributed by atoms with E-state index in [0.717, 1.165) is 36.3 Å². The van der Waals surface area contributed by atoms with Crippen molar-refractivity contribution in [2.24, 2.45) is 0 Å². The van der Waals surface area contributed by atoms with Gasteiger partial charge >= 0.3 is 0 Å². The zero-order valence-corrected chi connectivity index (χ0v) is 12.2. The second-order valence-corrected chi connectivity index (χ2v) is 5.52. The summed E-state index contributed by atoms with van der Waals surface area (Å²) in [6.45, 7) is 2.51. The van der Waals surface area contributed by atoms with Gasteiger partial charge in [0.15, 0.2) is 0 Å². The van der Waals surface area contributed by atoms with E-state index in [2.05, 4.69) is 16.1 Å². The SMILES string of the molecule is N#Cc1ccc(CN2CCc3[nH]n(CCO)c(=O)c3C2)cc1. The van der Waals surface area contributed by atoms with Crippen LogP contribution in [0, 0.1) is 11.3 Å². The number of nitrogens with one attached hydrogen (secondary N) is 1. The summed E-state index contributed by atoms with van der Waals surface area (Å²) in [5.41, 5.74) is 3.53. The molecule has 0 radical (unpaired) electrons. The number of hydrogen-bond donors (Lipinski definition) is 2. The lowest BCUT2D eigenvalue weighted by Gasteiger charge is -2.25. The topological polar surface area (TPSA) is 85.1 Å². The molecule has 0 fully saturated rings. The van der Waals surface area contributed by atoms with Gasteiger partial charge in [0.25, 0.3) is 5.56 Å². The van der Waals surface area contributed by atoms with E-state index in [1.807, 2.05) is 24.3 Å². The van der Waals surface area contributed by atoms with E-state index in [4.69, 9.17) is 10.4 Å². The van der Waals surface area contributed by atoms with E-state index in [1.54, 1.807) is 0 Å². The molecule has 0 aliphatic carbocycles. The second kappa shape index (κ2) is 6.18. The predicted octanol–water partition coefficient (Wildman–Crippen LogP) is 0.599. The van der Waals surface area contributed by atoms with E-state index in [9.17, 15) is 4.79 Å². The molecule has 0 spiro atoms. The molecule has 114 valence electrons. The number of fused-ring (bicyclic) bond motifs is 1. The van der Waals surface area contributed by atoms with Gasteiger partial charge in [0, 0.05) is 31.7 Å². The van der Waals surface area contributed by atoms with Crippen molar-refractivity contribution in [3.05, 3.63) is 57.0 Å². The average molecular weight is 298 g/mol. The van der Waals surface area contributed by atoms with Gasteiger partial charge < -0.3 is 5.11 Å². The molecule has 0 atom stereocenters. The molecule has 2 aromatic rings. The van der Waals surface area contributed by atoms with Crippen LogP contribution in [0.3, 0.4) is 0 Å². The zero-order chi connectivity index (χ0) is 15.5. The van der Waals surface area contributed by atoms with Crippen LogP contribution in [0.15, 0.2) is 29.1 Å². The van der Waals surface area contributed by atoms with Crippen LogP contribution >= 0.6 is 0 Å². The molecular weight excluding hydrogens is 280 g/mol. The number of aliphatic hydroxyl groups excluding tert-OH is 1. The summed E-state index contributed by atoms with van der Waals surface area (Å²) >= 11 is 0. The van der Waals surface area contributed by atoms with Crippen molar-refractivity contribution in [3.63, 3.8) is 0 Å². The maximum atomic E-state index is 12.2. The number of aromatic nitrogens is 2. The summed E-state index contributed by atoms with van der Waals surface area (Å²) in [4.78, 5) is 14.5. The Morgan fingerprint density at radius 3 is 2.77 bits per heavy atom. The third-order valence-corrected chi connectivity index (χ3v) is 4.01. The number of aliphatic hydroxyl groups is 1. The van der Waals surface area contributed by atoms with Crippen LogP contribution in [0.5, 0.6) is 0 Å². The van der Waals surface area contributed by atoms with Crippen LogP contribution in [-0.4, -0.2) is 32.9 Å². The first-order valence-corrected chi connectivity index (χ1v) is 7.34. The van der Waals surface area contributed by atoms with Crippen molar-refractivity contribution in [2.75, 3.05) is 13.2 Å². The molecule has 0 unspecified atom stereocenters. The van der Waals surface area contributed by atoms with Crippen molar-refractivity contribution < 1.29 is 5.11 Å². The van der Waals surface area contributed by atoms with E-state index in [0.29, 0.717) is 18.7 Å². The number of benzene rings is 1. The van der Waals surface area contributed by atoms with Crippen molar-refractivity contribution >= 4 is 0 Å². The lowest BCUT2D eigenvalue weighted by Crippen LogP contribution is -2.32. The van der Waals surface area contributed by atoms with Crippen LogP contribution < -0.4 is 5.56 Å². The Balaban J connectivity index is 1.73.